The highest BCUT2D eigenvalue weighted by Crippen LogP contribution is 2.25. The van der Waals surface area contributed by atoms with Crippen molar-refractivity contribution in [3.8, 4) is 0 Å². The number of hydrogen-bond acceptors (Lipinski definition) is 5. The minimum Gasteiger partial charge on any atom is -0.357 e. The van der Waals surface area contributed by atoms with E-state index >= 15 is 0 Å². The maximum atomic E-state index is 6.32. The fourth-order valence-corrected chi connectivity index (χ4v) is 4.47. The Bertz CT molecular complexity index is 675. The van der Waals surface area contributed by atoms with Crippen LogP contribution in [-0.2, 0) is 0 Å². The first kappa shape index (κ1) is 23.1. The van der Waals surface area contributed by atoms with Crippen LogP contribution in [0.15, 0.2) is 23.3 Å². The van der Waals surface area contributed by atoms with E-state index in [1.165, 1.54) is 26.2 Å². The van der Waals surface area contributed by atoms with E-state index in [4.69, 9.17) is 16.6 Å². The van der Waals surface area contributed by atoms with Gasteiger partial charge in [0, 0.05) is 71.1 Å². The summed E-state index contributed by atoms with van der Waals surface area (Å²) in [7, 11) is 0. The molecular weight excluding hydrogens is 398 g/mol. The quantitative estimate of drug-likeness (QED) is 0.482. The molecule has 1 aromatic rings. The van der Waals surface area contributed by atoms with Crippen molar-refractivity contribution in [2.45, 2.75) is 33.2 Å². The fraction of sp³-hybridized carbons (Fsp3) is 0.727. The van der Waals surface area contributed by atoms with Crippen molar-refractivity contribution in [1.82, 2.24) is 25.4 Å². The molecule has 30 heavy (non-hydrogen) atoms. The number of aliphatic imine (C=N–C) groups is 1. The van der Waals surface area contributed by atoms with E-state index in [-0.39, 0.29) is 0 Å². The molecule has 0 bridgehead atoms. The summed E-state index contributed by atoms with van der Waals surface area (Å²) in [6.45, 7) is 17.2. The molecule has 2 N–H and O–H groups in total. The third-order valence-electron chi connectivity index (χ3n) is 5.95. The number of anilines is 1. The van der Waals surface area contributed by atoms with Crippen molar-refractivity contribution < 1.29 is 0 Å². The van der Waals surface area contributed by atoms with Crippen LogP contribution >= 0.6 is 11.6 Å². The highest BCUT2D eigenvalue weighted by atomic mass is 35.5. The molecule has 7 nitrogen and oxygen atoms in total. The Morgan fingerprint density at radius 1 is 1.23 bits per heavy atom. The number of nitrogens with one attached hydrogen (secondary N) is 2. The Labute approximate surface area is 186 Å². The van der Waals surface area contributed by atoms with Gasteiger partial charge in [-0.3, -0.25) is 4.99 Å². The zero-order valence-electron chi connectivity index (χ0n) is 18.8. The molecule has 2 unspecified atom stereocenters. The van der Waals surface area contributed by atoms with Crippen LogP contribution in [0.2, 0.25) is 5.02 Å². The van der Waals surface area contributed by atoms with Crippen molar-refractivity contribution >= 4 is 23.4 Å². The molecule has 168 valence electrons. The van der Waals surface area contributed by atoms with E-state index in [1.807, 2.05) is 12.1 Å². The summed E-state index contributed by atoms with van der Waals surface area (Å²) in [6, 6.07) is 4.12. The first-order chi connectivity index (χ1) is 14.6. The molecule has 0 radical (unpaired) electrons. The predicted octanol–water partition coefficient (Wildman–Crippen LogP) is 2.14. The standard InChI is InChI=1S/C22H38ClN7/c1-4-24-22(26-15-18(3)16-29-13-11-28(5-2)12-14-29)27-19-8-10-30(17-19)21-20(23)7-6-9-25-21/h6-7,9,18-19H,4-5,8,10-17H2,1-3H3,(H2,24,26,27). The lowest BCUT2D eigenvalue weighted by atomic mass is 10.1. The zero-order valence-corrected chi connectivity index (χ0v) is 19.5. The van der Waals surface area contributed by atoms with Gasteiger partial charge in [0.05, 0.1) is 5.02 Å². The molecule has 2 atom stereocenters. The third-order valence-corrected chi connectivity index (χ3v) is 6.25. The molecule has 2 aliphatic heterocycles. The summed E-state index contributed by atoms with van der Waals surface area (Å²) < 4.78 is 0. The van der Waals surface area contributed by atoms with Crippen LogP contribution < -0.4 is 15.5 Å². The lowest BCUT2D eigenvalue weighted by molar-refractivity contribution is 0.125. The molecule has 2 fully saturated rings. The van der Waals surface area contributed by atoms with E-state index < -0.39 is 0 Å². The van der Waals surface area contributed by atoms with Gasteiger partial charge >= 0.3 is 0 Å². The van der Waals surface area contributed by atoms with Gasteiger partial charge in [0.15, 0.2) is 5.96 Å². The summed E-state index contributed by atoms with van der Waals surface area (Å²) >= 11 is 6.32. The summed E-state index contributed by atoms with van der Waals surface area (Å²) in [5.74, 6) is 2.34. The number of nitrogens with zero attached hydrogens (tertiary/aromatic N) is 5. The Morgan fingerprint density at radius 2 is 2.00 bits per heavy atom. The molecule has 0 spiro atoms. The molecule has 0 amide bonds. The molecule has 1 aromatic heterocycles. The predicted molar refractivity (Wildman–Crippen MR) is 127 cm³/mol. The van der Waals surface area contributed by atoms with Gasteiger partial charge in [0.2, 0.25) is 0 Å². The molecule has 0 aromatic carbocycles. The maximum Gasteiger partial charge on any atom is 0.191 e. The van der Waals surface area contributed by atoms with Gasteiger partial charge in [0.25, 0.3) is 0 Å². The monoisotopic (exact) mass is 435 g/mol. The molecule has 2 saturated heterocycles. The Balaban J connectivity index is 1.47. The van der Waals surface area contributed by atoms with Crippen LogP contribution in [0.25, 0.3) is 0 Å². The number of likely N-dealkylation sites (N-methyl/N-ethyl adjacent to an activating group) is 1. The van der Waals surface area contributed by atoms with Gasteiger partial charge in [0.1, 0.15) is 5.82 Å². The van der Waals surface area contributed by atoms with Crippen molar-refractivity contribution in [1.29, 1.82) is 0 Å². The van der Waals surface area contributed by atoms with E-state index in [0.29, 0.717) is 17.0 Å². The zero-order chi connectivity index (χ0) is 21.3. The molecule has 2 aliphatic rings. The van der Waals surface area contributed by atoms with Gasteiger partial charge in [-0.25, -0.2) is 4.98 Å². The number of hydrogen-bond donors (Lipinski definition) is 2. The van der Waals surface area contributed by atoms with Crippen LogP contribution in [0.5, 0.6) is 0 Å². The average Bonchev–Trinajstić information content (AvgIpc) is 3.21. The van der Waals surface area contributed by atoms with Crippen molar-refractivity contribution in [2.75, 3.05) is 70.3 Å². The number of guanidine groups is 1. The highest BCUT2D eigenvalue weighted by molar-refractivity contribution is 6.32. The van der Waals surface area contributed by atoms with Crippen LogP contribution in [0.4, 0.5) is 5.82 Å². The van der Waals surface area contributed by atoms with Gasteiger partial charge in [-0.2, -0.15) is 0 Å². The molecule has 3 heterocycles. The fourth-order valence-electron chi connectivity index (χ4n) is 4.23. The number of rotatable bonds is 8. The SMILES string of the molecule is CCNC(=NCC(C)CN1CCN(CC)CC1)NC1CCN(c2ncccc2Cl)C1. The van der Waals surface area contributed by atoms with Gasteiger partial charge in [-0.1, -0.05) is 25.4 Å². The van der Waals surface area contributed by atoms with Crippen LogP contribution in [0.1, 0.15) is 27.2 Å². The molecule has 0 saturated carbocycles. The van der Waals surface area contributed by atoms with Crippen LogP contribution in [0, 0.1) is 5.92 Å². The number of piperazine rings is 1. The Morgan fingerprint density at radius 3 is 2.70 bits per heavy atom. The first-order valence-corrected chi connectivity index (χ1v) is 11.8. The minimum absolute atomic E-state index is 0.346. The third kappa shape index (κ3) is 6.72. The summed E-state index contributed by atoms with van der Waals surface area (Å²) in [5.41, 5.74) is 0. The summed E-state index contributed by atoms with van der Waals surface area (Å²) in [5, 5.41) is 7.74. The number of aromatic nitrogens is 1. The lowest BCUT2D eigenvalue weighted by Gasteiger charge is -2.35. The molecular formula is C22H38ClN7. The molecule has 3 rings (SSSR count). The number of pyridine rings is 1. The van der Waals surface area contributed by atoms with E-state index in [9.17, 15) is 0 Å². The Hall–Kier alpha value is -1.57. The van der Waals surface area contributed by atoms with Gasteiger partial charge < -0.3 is 25.3 Å². The summed E-state index contributed by atoms with van der Waals surface area (Å²) in [6.07, 6.45) is 2.85. The summed E-state index contributed by atoms with van der Waals surface area (Å²) in [4.78, 5) is 16.7. The van der Waals surface area contributed by atoms with Crippen molar-refractivity contribution in [3.05, 3.63) is 23.4 Å². The van der Waals surface area contributed by atoms with Crippen LogP contribution in [-0.4, -0.2) is 92.2 Å². The van der Waals surface area contributed by atoms with E-state index in [1.54, 1.807) is 6.20 Å². The lowest BCUT2D eigenvalue weighted by Crippen LogP contribution is -2.47. The van der Waals surface area contributed by atoms with Crippen molar-refractivity contribution in [3.63, 3.8) is 0 Å². The smallest absolute Gasteiger partial charge is 0.191 e. The molecule has 0 aliphatic carbocycles. The average molecular weight is 436 g/mol. The van der Waals surface area contributed by atoms with Crippen molar-refractivity contribution in [2.24, 2.45) is 10.9 Å². The second kappa shape index (κ2) is 11.7. The molecule has 8 heteroatoms. The minimum atomic E-state index is 0.346. The second-order valence-electron chi connectivity index (χ2n) is 8.44. The Kier molecular flexibility index (Phi) is 9.03. The highest BCUT2D eigenvalue weighted by Gasteiger charge is 2.25. The van der Waals surface area contributed by atoms with Gasteiger partial charge in [-0.15, -0.1) is 0 Å². The topological polar surface area (TPSA) is 59.0 Å². The van der Waals surface area contributed by atoms with Crippen LogP contribution in [0.3, 0.4) is 0 Å². The largest absolute Gasteiger partial charge is 0.357 e. The number of halogens is 1. The first-order valence-electron chi connectivity index (χ1n) is 11.4. The second-order valence-corrected chi connectivity index (χ2v) is 8.85. The van der Waals surface area contributed by atoms with Gasteiger partial charge in [-0.05, 0) is 37.9 Å². The van der Waals surface area contributed by atoms with E-state index in [0.717, 1.165) is 57.5 Å². The maximum absolute atomic E-state index is 6.32. The van der Waals surface area contributed by atoms with E-state index in [2.05, 4.69) is 51.1 Å². The normalized spacial score (nSPS) is 22.3.